The molecule has 0 aliphatic heterocycles. The Hall–Kier alpha value is -2.57. The van der Waals surface area contributed by atoms with Gasteiger partial charge in [0, 0.05) is 6.04 Å². The molecule has 0 spiro atoms. The number of aryl methyl sites for hydroxylation is 2. The van der Waals surface area contributed by atoms with Gasteiger partial charge in [0.15, 0.2) is 6.61 Å². The van der Waals surface area contributed by atoms with Gasteiger partial charge in [-0.15, -0.1) is 0 Å². The Morgan fingerprint density at radius 2 is 1.81 bits per heavy atom. The number of aliphatic hydroxyl groups is 1. The van der Waals surface area contributed by atoms with Gasteiger partial charge in [-0.1, -0.05) is 18.2 Å². The van der Waals surface area contributed by atoms with Crippen LogP contribution in [0.15, 0.2) is 36.4 Å². The molecular formula is C21H27NO5. The first-order valence-corrected chi connectivity index (χ1v) is 8.93. The number of aromatic hydroxyl groups is 1. The van der Waals surface area contributed by atoms with Gasteiger partial charge in [0.25, 0.3) is 0 Å². The maximum Gasteiger partial charge on any atom is 0.341 e. The SMILES string of the molecule is Cc1cc(OCC(=O)O)c(C)cc1CCN[C@H](C)[C@@H](O)c1ccc(O)cc1. The summed E-state index contributed by atoms with van der Waals surface area (Å²) in [7, 11) is 0. The fraction of sp³-hybridized carbons (Fsp3) is 0.381. The first-order chi connectivity index (χ1) is 12.8. The van der Waals surface area contributed by atoms with Gasteiger partial charge in [0.2, 0.25) is 0 Å². The molecule has 0 fully saturated rings. The van der Waals surface area contributed by atoms with Gasteiger partial charge in [-0.05, 0) is 74.2 Å². The molecule has 0 aromatic heterocycles. The number of benzene rings is 2. The van der Waals surface area contributed by atoms with E-state index in [-0.39, 0.29) is 18.4 Å². The quantitative estimate of drug-likeness (QED) is 0.539. The predicted octanol–water partition coefficient (Wildman–Crippen LogP) is 2.73. The molecule has 0 bridgehead atoms. The molecule has 2 aromatic carbocycles. The lowest BCUT2D eigenvalue weighted by molar-refractivity contribution is -0.139. The van der Waals surface area contributed by atoms with E-state index in [1.54, 1.807) is 24.3 Å². The summed E-state index contributed by atoms with van der Waals surface area (Å²) in [6.07, 6.45) is 0.110. The number of carbonyl (C=O) groups is 1. The number of aliphatic carboxylic acids is 1. The molecule has 146 valence electrons. The number of rotatable bonds is 9. The third-order valence-electron chi connectivity index (χ3n) is 4.55. The summed E-state index contributed by atoms with van der Waals surface area (Å²) in [5.74, 6) is -0.238. The standard InChI is InChI=1S/C21H27NO5/c1-13-11-19(27-12-20(24)25)14(2)10-17(13)8-9-22-15(3)21(26)16-4-6-18(23)7-5-16/h4-7,10-11,15,21-23,26H,8-9,12H2,1-3H3,(H,24,25)/t15-,21-/m1/s1. The Bertz CT molecular complexity index is 773. The maximum absolute atomic E-state index is 10.6. The molecule has 0 amide bonds. The summed E-state index contributed by atoms with van der Waals surface area (Å²) in [6, 6.07) is 10.3. The molecule has 0 radical (unpaired) electrons. The van der Waals surface area contributed by atoms with Crippen LogP contribution in [0.25, 0.3) is 0 Å². The van der Waals surface area contributed by atoms with Crippen LogP contribution in [-0.4, -0.2) is 40.5 Å². The highest BCUT2D eigenvalue weighted by Gasteiger charge is 2.16. The fourth-order valence-corrected chi connectivity index (χ4v) is 2.92. The summed E-state index contributed by atoms with van der Waals surface area (Å²) in [4.78, 5) is 10.6. The molecule has 4 N–H and O–H groups in total. The topological polar surface area (TPSA) is 99.0 Å². The fourth-order valence-electron chi connectivity index (χ4n) is 2.92. The van der Waals surface area contributed by atoms with Crippen LogP contribution < -0.4 is 10.1 Å². The minimum Gasteiger partial charge on any atom is -0.508 e. The normalized spacial score (nSPS) is 13.2. The highest BCUT2D eigenvalue weighted by molar-refractivity contribution is 5.68. The number of nitrogens with one attached hydrogen (secondary N) is 1. The van der Waals surface area contributed by atoms with Crippen LogP contribution in [0.2, 0.25) is 0 Å². The van der Waals surface area contributed by atoms with Crippen molar-refractivity contribution in [1.82, 2.24) is 5.32 Å². The van der Waals surface area contributed by atoms with Crippen molar-refractivity contribution >= 4 is 5.97 Å². The summed E-state index contributed by atoms with van der Waals surface area (Å²) < 4.78 is 5.30. The lowest BCUT2D eigenvalue weighted by Gasteiger charge is -2.21. The van der Waals surface area contributed by atoms with Gasteiger partial charge in [-0.2, -0.15) is 0 Å². The number of ether oxygens (including phenoxy) is 1. The first kappa shape index (κ1) is 20.7. The third-order valence-corrected chi connectivity index (χ3v) is 4.55. The van der Waals surface area contributed by atoms with E-state index in [2.05, 4.69) is 5.32 Å². The van der Waals surface area contributed by atoms with Gasteiger partial charge < -0.3 is 25.4 Å². The average Bonchev–Trinajstić information content (AvgIpc) is 2.62. The maximum atomic E-state index is 10.6. The molecule has 0 saturated heterocycles. The predicted molar refractivity (Wildman–Crippen MR) is 103 cm³/mol. The Balaban J connectivity index is 1.91. The Kier molecular flexibility index (Phi) is 7.21. The van der Waals surface area contributed by atoms with E-state index in [0.717, 1.165) is 28.7 Å². The van der Waals surface area contributed by atoms with E-state index >= 15 is 0 Å². The highest BCUT2D eigenvalue weighted by atomic mass is 16.5. The van der Waals surface area contributed by atoms with E-state index in [4.69, 9.17) is 9.84 Å². The highest BCUT2D eigenvalue weighted by Crippen LogP contribution is 2.24. The number of hydrogen-bond acceptors (Lipinski definition) is 5. The zero-order valence-corrected chi connectivity index (χ0v) is 15.9. The molecule has 0 saturated carbocycles. The Morgan fingerprint density at radius 1 is 1.15 bits per heavy atom. The number of phenolic OH excluding ortho intramolecular Hbond substituents is 1. The molecule has 6 nitrogen and oxygen atoms in total. The van der Waals surface area contributed by atoms with Crippen molar-refractivity contribution in [2.45, 2.75) is 39.3 Å². The van der Waals surface area contributed by atoms with Crippen molar-refractivity contribution < 1.29 is 24.9 Å². The van der Waals surface area contributed by atoms with Gasteiger partial charge in [0.05, 0.1) is 6.10 Å². The second-order valence-electron chi connectivity index (χ2n) is 6.76. The van der Waals surface area contributed by atoms with Gasteiger partial charge >= 0.3 is 5.97 Å². The van der Waals surface area contributed by atoms with Crippen molar-refractivity contribution in [2.75, 3.05) is 13.2 Å². The molecule has 0 heterocycles. The van der Waals surface area contributed by atoms with Crippen LogP contribution >= 0.6 is 0 Å². The Morgan fingerprint density at radius 3 is 2.44 bits per heavy atom. The number of carboxylic acids is 1. The van der Waals surface area contributed by atoms with E-state index in [0.29, 0.717) is 12.3 Å². The summed E-state index contributed by atoms with van der Waals surface area (Å²) >= 11 is 0. The second kappa shape index (κ2) is 9.39. The van der Waals surface area contributed by atoms with Crippen molar-refractivity contribution in [3.63, 3.8) is 0 Å². The van der Waals surface area contributed by atoms with E-state index < -0.39 is 12.1 Å². The zero-order chi connectivity index (χ0) is 20.0. The van der Waals surface area contributed by atoms with Crippen molar-refractivity contribution in [3.8, 4) is 11.5 Å². The molecule has 0 unspecified atom stereocenters. The van der Waals surface area contributed by atoms with Crippen LogP contribution in [0.1, 0.15) is 35.3 Å². The van der Waals surface area contributed by atoms with Gasteiger partial charge in [-0.3, -0.25) is 0 Å². The van der Waals surface area contributed by atoms with E-state index in [9.17, 15) is 15.0 Å². The lowest BCUT2D eigenvalue weighted by atomic mass is 10.0. The van der Waals surface area contributed by atoms with Crippen molar-refractivity contribution in [2.24, 2.45) is 0 Å². The largest absolute Gasteiger partial charge is 0.508 e. The third kappa shape index (κ3) is 5.98. The minimum atomic E-state index is -0.999. The lowest BCUT2D eigenvalue weighted by Crippen LogP contribution is -2.33. The summed E-state index contributed by atoms with van der Waals surface area (Å²) in [6.45, 7) is 6.11. The number of carboxylic acid groups (broad SMARTS) is 1. The van der Waals surface area contributed by atoms with Crippen molar-refractivity contribution in [1.29, 1.82) is 0 Å². The zero-order valence-electron chi connectivity index (χ0n) is 15.9. The molecule has 2 atom stereocenters. The second-order valence-corrected chi connectivity index (χ2v) is 6.76. The molecule has 2 rings (SSSR count). The molecule has 2 aromatic rings. The van der Waals surface area contributed by atoms with Crippen LogP contribution in [0, 0.1) is 13.8 Å². The molecular weight excluding hydrogens is 346 g/mol. The van der Waals surface area contributed by atoms with Gasteiger partial charge in [0.1, 0.15) is 11.5 Å². The summed E-state index contributed by atoms with van der Waals surface area (Å²) in [5, 5.41) is 31.8. The molecule has 6 heteroatoms. The minimum absolute atomic E-state index is 0.144. The monoisotopic (exact) mass is 373 g/mol. The van der Waals surface area contributed by atoms with Crippen LogP contribution in [0.5, 0.6) is 11.5 Å². The van der Waals surface area contributed by atoms with Crippen LogP contribution in [-0.2, 0) is 11.2 Å². The first-order valence-electron chi connectivity index (χ1n) is 8.93. The summed E-state index contributed by atoms with van der Waals surface area (Å²) in [5.41, 5.74) is 3.83. The average molecular weight is 373 g/mol. The van der Waals surface area contributed by atoms with Crippen LogP contribution in [0.4, 0.5) is 0 Å². The molecule has 0 aliphatic carbocycles. The Labute approximate surface area is 159 Å². The van der Waals surface area contributed by atoms with Gasteiger partial charge in [-0.25, -0.2) is 4.79 Å². The molecule has 27 heavy (non-hydrogen) atoms. The number of aliphatic hydroxyl groups excluding tert-OH is 1. The van der Waals surface area contributed by atoms with E-state index in [1.807, 2.05) is 32.9 Å². The molecule has 0 aliphatic rings. The number of phenols is 1. The number of hydrogen-bond donors (Lipinski definition) is 4. The smallest absolute Gasteiger partial charge is 0.341 e. The van der Waals surface area contributed by atoms with Crippen LogP contribution in [0.3, 0.4) is 0 Å². The van der Waals surface area contributed by atoms with E-state index in [1.165, 1.54) is 0 Å². The van der Waals surface area contributed by atoms with Crippen molar-refractivity contribution in [3.05, 3.63) is 58.7 Å².